The topological polar surface area (TPSA) is 106 Å². The van der Waals surface area contributed by atoms with Gasteiger partial charge in [-0.25, -0.2) is 0 Å². The molecule has 0 saturated carbocycles. The highest BCUT2D eigenvalue weighted by Gasteiger charge is 2.14. The minimum Gasteiger partial charge on any atom is -0.390 e. The Morgan fingerprint density at radius 1 is 1.86 bits per heavy atom. The predicted molar refractivity (Wildman–Crippen MR) is 46.6 cm³/mol. The second-order valence-corrected chi connectivity index (χ2v) is 2.74. The number of nitrogens with zero attached hydrogens (tertiary/aromatic N) is 4. The molecule has 1 atom stereocenters. The summed E-state index contributed by atoms with van der Waals surface area (Å²) in [5.74, 6) is -0.457. The van der Waals surface area contributed by atoms with E-state index in [9.17, 15) is 15.2 Å². The second kappa shape index (κ2) is 4.63. The fourth-order valence-corrected chi connectivity index (χ4v) is 0.973. The molecule has 0 aliphatic heterocycles. The van der Waals surface area contributed by atoms with E-state index in [-0.39, 0.29) is 6.54 Å². The van der Waals surface area contributed by atoms with Gasteiger partial charge in [0.25, 0.3) is 0 Å². The van der Waals surface area contributed by atoms with Crippen molar-refractivity contribution >= 4 is 5.95 Å². The highest BCUT2D eigenvalue weighted by atomic mass is 16.6. The number of aromatic nitrogens is 3. The molecule has 2 N–H and O–H groups in total. The van der Waals surface area contributed by atoms with E-state index in [0.29, 0.717) is 6.54 Å². The van der Waals surface area contributed by atoms with Crippen molar-refractivity contribution in [1.29, 1.82) is 0 Å². The summed E-state index contributed by atoms with van der Waals surface area (Å²) in [5, 5.41) is 25.9. The van der Waals surface area contributed by atoms with Crippen LogP contribution in [-0.2, 0) is 6.54 Å². The van der Waals surface area contributed by atoms with Gasteiger partial charge in [-0.15, -0.1) is 0 Å². The van der Waals surface area contributed by atoms with Crippen LogP contribution in [0.25, 0.3) is 0 Å². The molecule has 0 aliphatic carbocycles. The molecule has 0 saturated heterocycles. The molecule has 0 aliphatic rings. The Bertz CT molecular complexity index is 312. The molecule has 0 aromatic carbocycles. The van der Waals surface area contributed by atoms with Crippen LogP contribution in [0.5, 0.6) is 0 Å². The molecule has 1 aromatic rings. The van der Waals surface area contributed by atoms with Crippen LogP contribution in [0.15, 0.2) is 6.33 Å². The maximum absolute atomic E-state index is 10.2. The minimum atomic E-state index is -0.680. The first-order valence-corrected chi connectivity index (χ1v) is 4.00. The van der Waals surface area contributed by atoms with E-state index in [0.717, 1.165) is 0 Å². The van der Waals surface area contributed by atoms with E-state index in [1.807, 2.05) is 0 Å². The Labute approximate surface area is 79.7 Å². The first kappa shape index (κ1) is 10.5. The van der Waals surface area contributed by atoms with E-state index in [4.69, 9.17) is 0 Å². The molecular formula is C6H11N5O3. The molecule has 1 heterocycles. The number of likely N-dealkylation sites (N-methyl/N-ethyl adjacent to an activating group) is 1. The van der Waals surface area contributed by atoms with E-state index < -0.39 is 17.0 Å². The lowest BCUT2D eigenvalue weighted by Crippen LogP contribution is -2.28. The second-order valence-electron chi connectivity index (χ2n) is 2.74. The van der Waals surface area contributed by atoms with Gasteiger partial charge in [0.15, 0.2) is 0 Å². The zero-order valence-corrected chi connectivity index (χ0v) is 7.62. The lowest BCUT2D eigenvalue weighted by molar-refractivity contribution is -0.394. The zero-order valence-electron chi connectivity index (χ0n) is 7.62. The van der Waals surface area contributed by atoms with Gasteiger partial charge < -0.3 is 20.5 Å². The smallest absolute Gasteiger partial charge is 0.390 e. The number of hydrogen-bond donors (Lipinski definition) is 2. The van der Waals surface area contributed by atoms with Crippen LogP contribution in [0.1, 0.15) is 0 Å². The van der Waals surface area contributed by atoms with Crippen molar-refractivity contribution in [2.45, 2.75) is 12.6 Å². The zero-order chi connectivity index (χ0) is 10.6. The average Bonchev–Trinajstić information content (AvgIpc) is 2.53. The summed E-state index contributed by atoms with van der Waals surface area (Å²) >= 11 is 0. The van der Waals surface area contributed by atoms with E-state index >= 15 is 0 Å². The molecule has 0 spiro atoms. The summed E-state index contributed by atoms with van der Waals surface area (Å²) in [4.78, 5) is 13.0. The Balaban J connectivity index is 2.55. The van der Waals surface area contributed by atoms with Crippen molar-refractivity contribution in [1.82, 2.24) is 20.1 Å². The van der Waals surface area contributed by atoms with Crippen molar-refractivity contribution in [2.24, 2.45) is 0 Å². The molecule has 1 aromatic heterocycles. The summed E-state index contributed by atoms with van der Waals surface area (Å²) in [6.07, 6.45) is 0.582. The summed E-state index contributed by atoms with van der Waals surface area (Å²) < 4.78 is 1.24. The highest BCUT2D eigenvalue weighted by Crippen LogP contribution is 2.00. The van der Waals surface area contributed by atoms with Gasteiger partial charge in [-0.1, -0.05) is 4.98 Å². The predicted octanol–water partition coefficient (Wildman–Crippen LogP) is -1.23. The molecular weight excluding hydrogens is 190 g/mol. The van der Waals surface area contributed by atoms with Crippen LogP contribution in [0, 0.1) is 10.1 Å². The summed E-state index contributed by atoms with van der Waals surface area (Å²) in [6.45, 7) is 0.579. The van der Waals surface area contributed by atoms with Gasteiger partial charge in [0.05, 0.1) is 12.6 Å². The molecule has 0 amide bonds. The van der Waals surface area contributed by atoms with E-state index in [1.54, 1.807) is 7.05 Å². The normalized spacial score (nSPS) is 12.7. The van der Waals surface area contributed by atoms with Crippen LogP contribution >= 0.6 is 0 Å². The third kappa shape index (κ3) is 2.75. The van der Waals surface area contributed by atoms with Crippen molar-refractivity contribution in [3.63, 3.8) is 0 Å². The molecule has 1 unspecified atom stereocenters. The highest BCUT2D eigenvalue weighted by molar-refractivity contribution is 4.96. The molecule has 78 valence electrons. The van der Waals surface area contributed by atoms with Gasteiger partial charge >= 0.3 is 5.95 Å². The Morgan fingerprint density at radius 2 is 2.57 bits per heavy atom. The third-order valence-electron chi connectivity index (χ3n) is 1.53. The fraction of sp³-hybridized carbons (Fsp3) is 0.667. The summed E-state index contributed by atoms with van der Waals surface area (Å²) in [7, 11) is 1.70. The molecule has 8 heteroatoms. The van der Waals surface area contributed by atoms with Gasteiger partial charge in [0.2, 0.25) is 6.33 Å². The van der Waals surface area contributed by atoms with Crippen LogP contribution in [0.3, 0.4) is 0 Å². The quantitative estimate of drug-likeness (QED) is 0.456. The number of aliphatic hydroxyl groups excluding tert-OH is 1. The third-order valence-corrected chi connectivity index (χ3v) is 1.53. The monoisotopic (exact) mass is 201 g/mol. The average molecular weight is 201 g/mol. The maximum atomic E-state index is 10.2. The van der Waals surface area contributed by atoms with Gasteiger partial charge in [0, 0.05) is 11.6 Å². The first-order chi connectivity index (χ1) is 6.63. The fourth-order valence-electron chi connectivity index (χ4n) is 0.973. The molecule has 8 nitrogen and oxygen atoms in total. The first-order valence-electron chi connectivity index (χ1n) is 4.00. The van der Waals surface area contributed by atoms with E-state index in [1.165, 1.54) is 11.0 Å². The van der Waals surface area contributed by atoms with Crippen molar-refractivity contribution in [3.8, 4) is 0 Å². The maximum Gasteiger partial charge on any atom is 0.490 e. The van der Waals surface area contributed by atoms with Crippen LogP contribution < -0.4 is 5.32 Å². The summed E-state index contributed by atoms with van der Waals surface area (Å²) in [5.41, 5.74) is 0. The molecule has 0 fully saturated rings. The Morgan fingerprint density at radius 3 is 3.07 bits per heavy atom. The lowest BCUT2D eigenvalue weighted by atomic mass is 10.3. The number of nitro groups is 1. The largest absolute Gasteiger partial charge is 0.490 e. The SMILES string of the molecule is CNCC(O)Cn1cnc([N+](=O)[O-])n1. The van der Waals surface area contributed by atoms with Crippen LogP contribution in [-0.4, -0.2) is 44.5 Å². The standard InChI is InChI=1S/C6H11N5O3/c1-7-2-5(12)3-10-4-8-6(9-10)11(13)14/h4-5,7,12H,2-3H2,1H3. The Kier molecular flexibility index (Phi) is 3.48. The molecule has 0 radical (unpaired) electrons. The van der Waals surface area contributed by atoms with Crippen molar-refractivity contribution in [2.75, 3.05) is 13.6 Å². The Hall–Kier alpha value is -1.54. The van der Waals surface area contributed by atoms with Crippen molar-refractivity contribution < 1.29 is 10.0 Å². The number of nitrogens with one attached hydrogen (secondary N) is 1. The lowest BCUT2D eigenvalue weighted by Gasteiger charge is -2.06. The molecule has 14 heavy (non-hydrogen) atoms. The minimum absolute atomic E-state index is 0.182. The summed E-state index contributed by atoms with van der Waals surface area (Å²) in [6, 6.07) is 0. The van der Waals surface area contributed by atoms with Gasteiger partial charge in [-0.05, 0) is 12.0 Å². The van der Waals surface area contributed by atoms with Crippen molar-refractivity contribution in [3.05, 3.63) is 16.4 Å². The molecule has 1 rings (SSSR count). The van der Waals surface area contributed by atoms with Crippen LogP contribution in [0.4, 0.5) is 5.95 Å². The van der Waals surface area contributed by atoms with Gasteiger partial charge in [0.1, 0.15) is 0 Å². The van der Waals surface area contributed by atoms with E-state index in [2.05, 4.69) is 15.4 Å². The van der Waals surface area contributed by atoms with Gasteiger partial charge in [-0.3, -0.25) is 0 Å². The van der Waals surface area contributed by atoms with Gasteiger partial charge in [-0.2, -0.15) is 4.68 Å². The van der Waals surface area contributed by atoms with Crippen LogP contribution in [0.2, 0.25) is 0 Å². The number of hydrogen-bond acceptors (Lipinski definition) is 6. The number of rotatable bonds is 5. The number of aliphatic hydroxyl groups is 1. The molecule has 0 bridgehead atoms.